The third kappa shape index (κ3) is 2.45. The molecule has 0 spiro atoms. The average molecular weight is 295 g/mol. The first-order chi connectivity index (χ1) is 9.11. The summed E-state index contributed by atoms with van der Waals surface area (Å²) in [6.45, 7) is 0. The van der Waals surface area contributed by atoms with E-state index < -0.39 is 0 Å². The molecule has 3 aromatic heterocycles. The topological polar surface area (TPSA) is 68.5 Å². The lowest BCUT2D eigenvalue weighted by Crippen LogP contribution is -1.98. The number of nitrogens with one attached hydrogen (secondary N) is 1. The van der Waals surface area contributed by atoms with E-state index >= 15 is 0 Å². The number of rotatable bonds is 2. The largest absolute Gasteiger partial charge is 0.338 e. The highest BCUT2D eigenvalue weighted by Crippen LogP contribution is 2.24. The fourth-order valence-electron chi connectivity index (χ4n) is 1.65. The van der Waals surface area contributed by atoms with Gasteiger partial charge in [-0.25, -0.2) is 9.97 Å². The molecule has 3 aromatic rings. The van der Waals surface area contributed by atoms with Gasteiger partial charge in [-0.1, -0.05) is 11.6 Å². The van der Waals surface area contributed by atoms with Crippen LogP contribution in [-0.4, -0.2) is 24.5 Å². The minimum Gasteiger partial charge on any atom is -0.338 e. The Morgan fingerprint density at radius 2 is 2.00 bits per heavy atom. The van der Waals surface area contributed by atoms with Gasteiger partial charge in [-0.3, -0.25) is 0 Å². The summed E-state index contributed by atoms with van der Waals surface area (Å²) in [5.41, 5.74) is 0.436. The van der Waals surface area contributed by atoms with E-state index in [9.17, 15) is 0 Å². The Labute approximate surface area is 118 Å². The van der Waals surface area contributed by atoms with Gasteiger partial charge >= 0.3 is 0 Å². The maximum absolute atomic E-state index is 5.88. The molecular weight excluding hydrogens is 287 g/mol. The molecule has 0 aliphatic rings. The number of aromatic nitrogens is 5. The van der Waals surface area contributed by atoms with E-state index in [1.54, 1.807) is 18.5 Å². The summed E-state index contributed by atoms with van der Waals surface area (Å²) in [6, 6.07) is 3.46. The minimum absolute atomic E-state index is 0.0979. The predicted octanol–water partition coefficient (Wildman–Crippen LogP) is 2.81. The van der Waals surface area contributed by atoms with Gasteiger partial charge in [0.05, 0.1) is 11.7 Å². The summed E-state index contributed by atoms with van der Waals surface area (Å²) < 4.78 is 1.82. The summed E-state index contributed by atoms with van der Waals surface area (Å²) in [6.07, 6.45) is 3.51. The molecule has 0 unspecified atom stereocenters. The van der Waals surface area contributed by atoms with Gasteiger partial charge < -0.3 is 9.88 Å². The van der Waals surface area contributed by atoms with Gasteiger partial charge in [-0.2, -0.15) is 9.97 Å². The smallest absolute Gasteiger partial charge is 0.226 e. The monoisotopic (exact) mass is 294 g/mol. The highest BCUT2D eigenvalue weighted by atomic mass is 35.5. The molecule has 0 saturated carbocycles. The molecule has 6 nitrogen and oxygen atoms in total. The number of anilines is 2. The Morgan fingerprint density at radius 3 is 2.74 bits per heavy atom. The fourth-order valence-corrected chi connectivity index (χ4v) is 1.96. The molecule has 0 saturated heterocycles. The van der Waals surface area contributed by atoms with Crippen LogP contribution in [0.4, 0.5) is 11.6 Å². The molecule has 3 rings (SSSR count). The van der Waals surface area contributed by atoms with Crippen molar-refractivity contribution in [2.45, 2.75) is 0 Å². The van der Waals surface area contributed by atoms with Crippen LogP contribution in [0.3, 0.4) is 0 Å². The highest BCUT2D eigenvalue weighted by Gasteiger charge is 2.09. The van der Waals surface area contributed by atoms with E-state index in [-0.39, 0.29) is 5.28 Å². The van der Waals surface area contributed by atoms with Crippen LogP contribution < -0.4 is 5.32 Å². The standard InChI is InChI=1S/C11H8Cl2N6/c1-19-4-8(14-5-19)16-10-6-2-3-7(12)15-9(6)17-11(13)18-10/h2-5H,1H3,(H,15,16,17,18). The normalized spacial score (nSPS) is 10.9. The third-order valence-corrected chi connectivity index (χ3v) is 2.83. The van der Waals surface area contributed by atoms with Crippen molar-refractivity contribution in [2.75, 3.05) is 5.32 Å². The van der Waals surface area contributed by atoms with Crippen LogP contribution in [0.2, 0.25) is 10.4 Å². The van der Waals surface area contributed by atoms with Crippen LogP contribution in [0.1, 0.15) is 0 Å². The lowest BCUT2D eigenvalue weighted by atomic mass is 10.3. The molecular formula is C11H8Cl2N6. The quantitative estimate of drug-likeness (QED) is 0.581. The first-order valence-corrected chi connectivity index (χ1v) is 6.12. The van der Waals surface area contributed by atoms with Crippen LogP contribution in [0, 0.1) is 0 Å². The summed E-state index contributed by atoms with van der Waals surface area (Å²) in [7, 11) is 1.88. The number of pyridine rings is 1. The molecule has 3 heterocycles. The second-order valence-corrected chi connectivity index (χ2v) is 4.62. The van der Waals surface area contributed by atoms with Crippen molar-refractivity contribution in [3.8, 4) is 0 Å². The number of halogens is 2. The molecule has 0 bridgehead atoms. The van der Waals surface area contributed by atoms with Crippen molar-refractivity contribution < 1.29 is 0 Å². The Bertz CT molecular complexity index is 749. The summed E-state index contributed by atoms with van der Waals surface area (Å²) in [5, 5.41) is 4.25. The second-order valence-electron chi connectivity index (χ2n) is 3.90. The van der Waals surface area contributed by atoms with Gasteiger partial charge in [-0.15, -0.1) is 0 Å². The van der Waals surface area contributed by atoms with Crippen molar-refractivity contribution >= 4 is 45.9 Å². The molecule has 0 aliphatic heterocycles. The highest BCUT2D eigenvalue weighted by molar-refractivity contribution is 6.30. The molecule has 96 valence electrons. The van der Waals surface area contributed by atoms with Gasteiger partial charge in [0.15, 0.2) is 5.65 Å². The molecule has 0 aliphatic carbocycles. The number of hydrogen-bond donors (Lipinski definition) is 1. The molecule has 0 atom stereocenters. The minimum atomic E-state index is 0.0979. The Hall–Kier alpha value is -1.92. The summed E-state index contributed by atoms with van der Waals surface area (Å²) in [5.74, 6) is 1.20. The molecule has 0 aromatic carbocycles. The van der Waals surface area contributed by atoms with Crippen molar-refractivity contribution in [3.05, 3.63) is 35.1 Å². The summed E-state index contributed by atoms with van der Waals surface area (Å²) >= 11 is 11.7. The Kier molecular flexibility index (Phi) is 2.96. The number of nitrogens with zero attached hydrogens (tertiary/aromatic N) is 5. The SMILES string of the molecule is Cn1cnc(Nc2nc(Cl)nc3nc(Cl)ccc23)c1. The first kappa shape index (κ1) is 12.1. The second kappa shape index (κ2) is 4.64. The van der Waals surface area contributed by atoms with Gasteiger partial charge in [-0.05, 0) is 23.7 Å². The summed E-state index contributed by atoms with van der Waals surface area (Å²) in [4.78, 5) is 16.5. The van der Waals surface area contributed by atoms with Gasteiger partial charge in [0, 0.05) is 13.2 Å². The number of hydrogen-bond acceptors (Lipinski definition) is 5. The van der Waals surface area contributed by atoms with E-state index in [0.29, 0.717) is 22.4 Å². The molecule has 8 heteroatoms. The van der Waals surface area contributed by atoms with Crippen LogP contribution in [0.15, 0.2) is 24.7 Å². The number of aryl methyl sites for hydroxylation is 1. The van der Waals surface area contributed by atoms with Crippen molar-refractivity contribution in [3.63, 3.8) is 0 Å². The van der Waals surface area contributed by atoms with E-state index in [4.69, 9.17) is 23.2 Å². The zero-order valence-corrected chi connectivity index (χ0v) is 11.3. The molecule has 0 amide bonds. The number of fused-ring (bicyclic) bond motifs is 1. The zero-order valence-electron chi connectivity index (χ0n) is 9.80. The predicted molar refractivity (Wildman–Crippen MR) is 73.8 cm³/mol. The maximum atomic E-state index is 5.88. The third-order valence-electron chi connectivity index (χ3n) is 2.45. The van der Waals surface area contributed by atoms with E-state index in [1.807, 2.05) is 17.8 Å². The van der Waals surface area contributed by atoms with Gasteiger partial charge in [0.1, 0.15) is 16.8 Å². The van der Waals surface area contributed by atoms with Crippen LogP contribution in [0.25, 0.3) is 11.0 Å². The van der Waals surface area contributed by atoms with Crippen molar-refractivity contribution in [2.24, 2.45) is 7.05 Å². The number of imidazole rings is 1. The van der Waals surface area contributed by atoms with Crippen molar-refractivity contribution in [1.29, 1.82) is 0 Å². The lowest BCUT2D eigenvalue weighted by Gasteiger charge is -2.06. The van der Waals surface area contributed by atoms with Crippen LogP contribution >= 0.6 is 23.2 Å². The Balaban J connectivity index is 2.11. The van der Waals surface area contributed by atoms with Gasteiger partial charge in [0.25, 0.3) is 0 Å². The van der Waals surface area contributed by atoms with Crippen LogP contribution in [-0.2, 0) is 7.05 Å². The van der Waals surface area contributed by atoms with Crippen LogP contribution in [0.5, 0.6) is 0 Å². The molecule has 0 fully saturated rings. The Morgan fingerprint density at radius 1 is 1.16 bits per heavy atom. The fraction of sp³-hybridized carbons (Fsp3) is 0.0909. The first-order valence-electron chi connectivity index (χ1n) is 5.36. The maximum Gasteiger partial charge on any atom is 0.226 e. The molecule has 1 N–H and O–H groups in total. The molecule has 19 heavy (non-hydrogen) atoms. The van der Waals surface area contributed by atoms with E-state index in [2.05, 4.69) is 25.3 Å². The van der Waals surface area contributed by atoms with E-state index in [0.717, 1.165) is 5.39 Å². The van der Waals surface area contributed by atoms with E-state index in [1.165, 1.54) is 0 Å². The lowest BCUT2D eigenvalue weighted by molar-refractivity contribution is 0.913. The van der Waals surface area contributed by atoms with Crippen molar-refractivity contribution in [1.82, 2.24) is 24.5 Å². The average Bonchev–Trinajstić information content (AvgIpc) is 2.74. The molecule has 0 radical (unpaired) electrons. The zero-order chi connectivity index (χ0) is 13.4. The van der Waals surface area contributed by atoms with Gasteiger partial charge in [0.2, 0.25) is 5.28 Å².